The van der Waals surface area contributed by atoms with Crippen LogP contribution in [-0.4, -0.2) is 29.7 Å². The van der Waals surface area contributed by atoms with Gasteiger partial charge in [0.1, 0.15) is 5.78 Å². The summed E-state index contributed by atoms with van der Waals surface area (Å²) in [4.78, 5) is 23.8. The highest BCUT2D eigenvalue weighted by Gasteiger charge is 2.17. The highest BCUT2D eigenvalue weighted by Crippen LogP contribution is 2.09. The first-order valence-corrected chi connectivity index (χ1v) is 6.47. The summed E-state index contributed by atoms with van der Waals surface area (Å²) in [5.74, 6) is 0.241. The second-order valence-corrected chi connectivity index (χ2v) is 3.29. The van der Waals surface area contributed by atoms with Crippen LogP contribution in [0, 0.1) is 0 Å². The van der Waals surface area contributed by atoms with E-state index in [0.29, 0.717) is 12.8 Å². The molecule has 96 valence electrons. The molecule has 0 aromatic carbocycles. The Morgan fingerprint density at radius 3 is 1.75 bits per heavy atom. The molecule has 1 fully saturated rings. The average Bonchev–Trinajstić information content (AvgIpc) is 2.85. The van der Waals surface area contributed by atoms with E-state index in [9.17, 15) is 9.59 Å². The number of likely N-dealkylation sites (tertiary alicyclic amines) is 1. The van der Waals surface area contributed by atoms with Gasteiger partial charge in [0.2, 0.25) is 5.91 Å². The van der Waals surface area contributed by atoms with Gasteiger partial charge in [-0.1, -0.05) is 27.7 Å². The smallest absolute Gasteiger partial charge is 0.223 e. The van der Waals surface area contributed by atoms with Crippen molar-refractivity contribution in [3.63, 3.8) is 0 Å². The summed E-state index contributed by atoms with van der Waals surface area (Å²) in [7, 11) is 0. The minimum Gasteiger partial charge on any atom is -0.343 e. The van der Waals surface area contributed by atoms with Gasteiger partial charge >= 0.3 is 0 Å². The maximum Gasteiger partial charge on any atom is 0.223 e. The number of carbonyl (C=O) groups is 2. The molecular formula is C13H27NO2. The van der Waals surface area contributed by atoms with Crippen molar-refractivity contribution in [1.82, 2.24) is 4.90 Å². The average molecular weight is 229 g/mol. The number of hydrogen-bond donors (Lipinski definition) is 0. The van der Waals surface area contributed by atoms with Crippen molar-refractivity contribution in [3.8, 4) is 0 Å². The van der Waals surface area contributed by atoms with E-state index in [1.54, 1.807) is 0 Å². The van der Waals surface area contributed by atoms with Crippen molar-refractivity contribution in [2.75, 3.05) is 13.1 Å². The molecule has 1 aliphatic rings. The van der Waals surface area contributed by atoms with Crippen LogP contribution in [0.3, 0.4) is 0 Å². The van der Waals surface area contributed by atoms with Gasteiger partial charge in [0.05, 0.1) is 0 Å². The molecule has 0 aromatic rings. The number of ketones is 1. The molecule has 0 spiro atoms. The normalized spacial score (nSPS) is 13.2. The van der Waals surface area contributed by atoms with Crippen LogP contribution < -0.4 is 0 Å². The molecule has 1 saturated heterocycles. The van der Waals surface area contributed by atoms with Crippen LogP contribution in [0.1, 0.15) is 60.3 Å². The van der Waals surface area contributed by atoms with Crippen LogP contribution in [0.25, 0.3) is 0 Å². The summed E-state index contributed by atoms with van der Waals surface area (Å²) in [6, 6.07) is 0. The van der Waals surface area contributed by atoms with E-state index >= 15 is 0 Å². The molecule has 1 amide bonds. The van der Waals surface area contributed by atoms with E-state index in [2.05, 4.69) is 0 Å². The van der Waals surface area contributed by atoms with Crippen LogP contribution in [0.5, 0.6) is 0 Å². The van der Waals surface area contributed by atoms with Crippen molar-refractivity contribution in [2.24, 2.45) is 0 Å². The minimum atomic E-state index is 0.0996. The molecule has 0 bridgehead atoms. The second-order valence-electron chi connectivity index (χ2n) is 3.29. The first kappa shape index (κ1) is 17.5. The molecule has 0 N–H and O–H groups in total. The van der Waals surface area contributed by atoms with Crippen molar-refractivity contribution in [1.29, 1.82) is 0 Å². The predicted octanol–water partition coefficient (Wildman–Crippen LogP) is 3.03. The molecule has 0 saturated carbocycles. The summed E-state index contributed by atoms with van der Waals surface area (Å²) in [6.45, 7) is 11.3. The molecule has 0 unspecified atom stereocenters. The van der Waals surface area contributed by atoms with Crippen LogP contribution >= 0.6 is 0 Å². The lowest BCUT2D eigenvalue weighted by molar-refractivity contribution is -0.132. The van der Waals surface area contributed by atoms with E-state index in [-0.39, 0.29) is 11.7 Å². The molecule has 0 radical (unpaired) electrons. The van der Waals surface area contributed by atoms with Gasteiger partial charge in [-0.2, -0.15) is 0 Å². The lowest BCUT2D eigenvalue weighted by Gasteiger charge is -2.13. The van der Waals surface area contributed by atoms with Crippen molar-refractivity contribution < 1.29 is 9.59 Å². The van der Waals surface area contributed by atoms with Crippen LogP contribution in [0.15, 0.2) is 0 Å². The number of rotatable bonds is 3. The SMILES string of the molecule is CC.CC.CC(=O)CCC(=O)N1CCCC1. The zero-order chi connectivity index (χ0) is 13.0. The Labute approximate surface area is 100 Å². The Balaban J connectivity index is 0. The number of hydrogen-bond acceptors (Lipinski definition) is 2. The predicted molar refractivity (Wildman–Crippen MR) is 68.4 cm³/mol. The summed E-state index contributed by atoms with van der Waals surface area (Å²) in [5.41, 5.74) is 0. The van der Waals surface area contributed by atoms with E-state index in [4.69, 9.17) is 0 Å². The highest BCUT2D eigenvalue weighted by atomic mass is 16.2. The first-order valence-electron chi connectivity index (χ1n) is 6.47. The van der Waals surface area contributed by atoms with Gasteiger partial charge in [0, 0.05) is 25.9 Å². The molecule has 0 aliphatic carbocycles. The molecule has 1 rings (SSSR count). The van der Waals surface area contributed by atoms with Gasteiger partial charge in [0.15, 0.2) is 0 Å². The molecule has 1 heterocycles. The lowest BCUT2D eigenvalue weighted by atomic mass is 10.2. The van der Waals surface area contributed by atoms with Crippen molar-refractivity contribution >= 4 is 11.7 Å². The highest BCUT2D eigenvalue weighted by molar-refractivity contribution is 5.83. The van der Waals surface area contributed by atoms with E-state index in [0.717, 1.165) is 25.9 Å². The second kappa shape index (κ2) is 12.2. The van der Waals surface area contributed by atoms with Gasteiger partial charge in [-0.05, 0) is 19.8 Å². The fourth-order valence-corrected chi connectivity index (χ4v) is 1.41. The summed E-state index contributed by atoms with van der Waals surface area (Å²) in [5, 5.41) is 0. The van der Waals surface area contributed by atoms with Gasteiger partial charge in [-0.3, -0.25) is 4.79 Å². The third kappa shape index (κ3) is 8.45. The van der Waals surface area contributed by atoms with Crippen LogP contribution in [0.4, 0.5) is 0 Å². The zero-order valence-corrected chi connectivity index (χ0v) is 11.5. The molecule has 3 heteroatoms. The Kier molecular flexibility index (Phi) is 13.4. The van der Waals surface area contributed by atoms with Gasteiger partial charge in [-0.15, -0.1) is 0 Å². The standard InChI is InChI=1S/C9H15NO2.2C2H6/c1-8(11)4-5-9(12)10-6-2-3-7-10;2*1-2/h2-7H2,1H3;2*1-2H3. The monoisotopic (exact) mass is 229 g/mol. The maximum absolute atomic E-state index is 11.3. The van der Waals surface area contributed by atoms with E-state index in [1.807, 2.05) is 32.6 Å². The first-order chi connectivity index (χ1) is 7.70. The molecule has 0 atom stereocenters. The van der Waals surface area contributed by atoms with E-state index in [1.165, 1.54) is 6.92 Å². The Bertz CT molecular complexity index is 184. The molecule has 3 nitrogen and oxygen atoms in total. The van der Waals surface area contributed by atoms with Gasteiger partial charge < -0.3 is 9.69 Å². The van der Waals surface area contributed by atoms with Gasteiger partial charge in [-0.25, -0.2) is 0 Å². The van der Waals surface area contributed by atoms with Crippen molar-refractivity contribution in [3.05, 3.63) is 0 Å². The van der Waals surface area contributed by atoms with Crippen LogP contribution in [-0.2, 0) is 9.59 Å². The Morgan fingerprint density at radius 2 is 1.38 bits per heavy atom. The number of carbonyl (C=O) groups excluding carboxylic acids is 2. The summed E-state index contributed by atoms with van der Waals surface area (Å²) >= 11 is 0. The number of amides is 1. The molecule has 1 aliphatic heterocycles. The third-order valence-electron chi connectivity index (χ3n) is 2.15. The number of Topliss-reactive ketones (excluding diaryl/α,β-unsaturated/α-hetero) is 1. The van der Waals surface area contributed by atoms with Gasteiger partial charge in [0.25, 0.3) is 0 Å². The van der Waals surface area contributed by atoms with Crippen molar-refractivity contribution in [2.45, 2.75) is 60.3 Å². The molecule has 16 heavy (non-hydrogen) atoms. The summed E-state index contributed by atoms with van der Waals surface area (Å²) < 4.78 is 0. The zero-order valence-electron chi connectivity index (χ0n) is 11.5. The Morgan fingerprint density at radius 1 is 0.938 bits per heavy atom. The third-order valence-corrected chi connectivity index (χ3v) is 2.15. The molecule has 0 aromatic heterocycles. The summed E-state index contributed by atoms with van der Waals surface area (Å²) in [6.07, 6.45) is 3.03. The fraction of sp³-hybridized carbons (Fsp3) is 0.846. The topological polar surface area (TPSA) is 37.4 Å². The van der Waals surface area contributed by atoms with Crippen LogP contribution in [0.2, 0.25) is 0 Å². The quantitative estimate of drug-likeness (QED) is 0.746. The minimum absolute atomic E-state index is 0.0996. The maximum atomic E-state index is 11.3. The fourth-order valence-electron chi connectivity index (χ4n) is 1.41. The Hall–Kier alpha value is -0.860. The largest absolute Gasteiger partial charge is 0.343 e. The van der Waals surface area contributed by atoms with E-state index < -0.39 is 0 Å². The lowest BCUT2D eigenvalue weighted by Crippen LogP contribution is -2.27. The molecular weight excluding hydrogens is 202 g/mol. The number of nitrogens with zero attached hydrogens (tertiary/aromatic N) is 1.